The lowest BCUT2D eigenvalue weighted by Crippen LogP contribution is -2.37. The van der Waals surface area contributed by atoms with Crippen LogP contribution in [0.1, 0.15) is 202 Å². The Morgan fingerprint density at radius 1 is 0.326 bits per heavy atom. The van der Waals surface area contributed by atoms with E-state index in [2.05, 4.69) is 164 Å². The summed E-state index contributed by atoms with van der Waals surface area (Å²) >= 11 is 0. The van der Waals surface area contributed by atoms with Gasteiger partial charge in [0.1, 0.15) is 0 Å². The minimum atomic E-state index is 0.0407. The van der Waals surface area contributed by atoms with Gasteiger partial charge in [-0.25, -0.2) is 0 Å². The van der Waals surface area contributed by atoms with Gasteiger partial charge in [0.25, 0.3) is 0 Å². The zero-order valence-corrected chi connectivity index (χ0v) is 32.9. The van der Waals surface area contributed by atoms with Crippen molar-refractivity contribution >= 4 is 0 Å². The van der Waals surface area contributed by atoms with E-state index in [-0.39, 0.29) is 37.9 Å². The Morgan fingerprint density at radius 3 is 0.860 bits per heavy atom. The Labute approximate surface area is 270 Å². The van der Waals surface area contributed by atoms with Gasteiger partial charge in [0.15, 0.2) is 0 Å². The molecular weight excluding hydrogens is 516 g/mol. The average molecular weight is 589 g/mol. The highest BCUT2D eigenvalue weighted by molar-refractivity contribution is 5.62. The van der Waals surface area contributed by atoms with E-state index >= 15 is 0 Å². The van der Waals surface area contributed by atoms with Gasteiger partial charge < -0.3 is 0 Å². The van der Waals surface area contributed by atoms with Crippen molar-refractivity contribution in [2.75, 3.05) is 0 Å². The molecule has 0 aliphatic rings. The fourth-order valence-electron chi connectivity index (χ4n) is 7.13. The van der Waals surface area contributed by atoms with Crippen molar-refractivity contribution in [2.45, 2.75) is 203 Å². The quantitative estimate of drug-likeness (QED) is 0.333. The topological polar surface area (TPSA) is 0 Å². The SMILES string of the molecule is CC(C)(C)c1cc(CCCc2c(C(C)(C)C)c(C(C)(C)C)c(C(C)(C)C)c(C(C)(C)C)c2C(C)(C)C)cc(C(C)(C)C)c1. The minimum Gasteiger partial charge on any atom is -0.0561 e. The lowest BCUT2D eigenvalue weighted by atomic mass is 9.58. The molecule has 0 unspecified atom stereocenters. The summed E-state index contributed by atoms with van der Waals surface area (Å²) in [5.41, 5.74) is 14.6. The van der Waals surface area contributed by atoms with E-state index in [0.717, 1.165) is 19.3 Å². The van der Waals surface area contributed by atoms with Gasteiger partial charge in [0.2, 0.25) is 0 Å². The third-order valence-corrected chi connectivity index (χ3v) is 8.97. The van der Waals surface area contributed by atoms with E-state index in [1.165, 1.54) is 16.7 Å². The molecule has 0 bridgehead atoms. The van der Waals surface area contributed by atoms with Crippen molar-refractivity contribution in [1.82, 2.24) is 0 Å². The van der Waals surface area contributed by atoms with Crippen molar-refractivity contribution in [2.24, 2.45) is 0 Å². The molecule has 0 spiro atoms. The number of aryl methyl sites for hydroxylation is 1. The van der Waals surface area contributed by atoms with Crippen LogP contribution in [0.5, 0.6) is 0 Å². The van der Waals surface area contributed by atoms with Crippen molar-refractivity contribution in [3.05, 3.63) is 68.3 Å². The van der Waals surface area contributed by atoms with Crippen molar-refractivity contribution < 1.29 is 0 Å². The molecule has 0 N–H and O–H groups in total. The van der Waals surface area contributed by atoms with Crippen molar-refractivity contribution in [1.29, 1.82) is 0 Å². The Hall–Kier alpha value is -1.56. The monoisotopic (exact) mass is 589 g/mol. The molecule has 0 fully saturated rings. The summed E-state index contributed by atoms with van der Waals surface area (Å²) in [4.78, 5) is 0. The lowest BCUT2D eigenvalue weighted by molar-refractivity contribution is 0.453. The molecule has 0 saturated heterocycles. The third-order valence-electron chi connectivity index (χ3n) is 8.97. The molecule has 0 heterocycles. The van der Waals surface area contributed by atoms with Gasteiger partial charge in [-0.15, -0.1) is 0 Å². The molecule has 0 atom stereocenters. The van der Waals surface area contributed by atoms with Crippen LogP contribution in [0.4, 0.5) is 0 Å². The highest BCUT2D eigenvalue weighted by Gasteiger charge is 2.42. The van der Waals surface area contributed by atoms with E-state index < -0.39 is 0 Å². The molecule has 0 heteroatoms. The van der Waals surface area contributed by atoms with E-state index in [4.69, 9.17) is 0 Å². The number of hydrogen-bond acceptors (Lipinski definition) is 0. The molecular formula is C43H72. The first-order chi connectivity index (χ1) is 18.8. The number of rotatable bonds is 4. The smallest absolute Gasteiger partial charge is 0.0126 e. The highest BCUT2D eigenvalue weighted by Crippen LogP contribution is 2.51. The van der Waals surface area contributed by atoms with Crippen molar-refractivity contribution in [3.8, 4) is 0 Å². The first-order valence-electron chi connectivity index (χ1n) is 17.2. The summed E-state index contributed by atoms with van der Waals surface area (Å²) in [7, 11) is 0. The maximum absolute atomic E-state index is 2.49. The Bertz CT molecular complexity index is 1190. The molecule has 2 aromatic rings. The molecule has 2 aromatic carbocycles. The third kappa shape index (κ3) is 8.79. The van der Waals surface area contributed by atoms with Crippen LogP contribution in [0.25, 0.3) is 0 Å². The van der Waals surface area contributed by atoms with Crippen molar-refractivity contribution in [3.63, 3.8) is 0 Å². The average Bonchev–Trinajstić information content (AvgIpc) is 2.72. The predicted octanol–water partition coefficient (Wildman–Crippen LogP) is 12.9. The number of benzene rings is 2. The van der Waals surface area contributed by atoms with Gasteiger partial charge in [-0.3, -0.25) is 0 Å². The standard InChI is InChI=1S/C43H72/c1-37(2,3)29-25-28(26-30(27-29)38(4,5)6)23-22-24-31-32(39(7,8)9)34(41(13,14)15)36(43(19,20)21)35(42(16,17)18)33(31)40(10,11)12/h25-27H,22-24H2,1-21H3. The second-order valence-corrected chi connectivity index (χ2v) is 20.9. The maximum atomic E-state index is 2.49. The van der Waals surface area contributed by atoms with Gasteiger partial charge >= 0.3 is 0 Å². The summed E-state index contributed by atoms with van der Waals surface area (Å²) in [5, 5.41) is 0. The zero-order valence-electron chi connectivity index (χ0n) is 32.9. The molecule has 0 aliphatic carbocycles. The van der Waals surface area contributed by atoms with Gasteiger partial charge in [-0.05, 0) is 107 Å². The van der Waals surface area contributed by atoms with Crippen LogP contribution in [-0.4, -0.2) is 0 Å². The normalized spacial score (nSPS) is 14.4. The summed E-state index contributed by atoms with van der Waals surface area (Å²) in [5.74, 6) is 0. The van der Waals surface area contributed by atoms with Crippen LogP contribution in [0.2, 0.25) is 0 Å². The molecule has 0 amide bonds. The maximum Gasteiger partial charge on any atom is -0.0126 e. The predicted molar refractivity (Wildman–Crippen MR) is 196 cm³/mol. The Kier molecular flexibility index (Phi) is 10.2. The van der Waals surface area contributed by atoms with Crippen LogP contribution in [0.15, 0.2) is 18.2 Å². The Balaban J connectivity index is 2.99. The van der Waals surface area contributed by atoms with E-state index in [0.29, 0.717) is 0 Å². The van der Waals surface area contributed by atoms with Crippen LogP contribution in [0.3, 0.4) is 0 Å². The van der Waals surface area contributed by atoms with Gasteiger partial charge in [-0.1, -0.05) is 164 Å². The molecule has 0 nitrogen and oxygen atoms in total. The first kappa shape index (κ1) is 37.6. The fourth-order valence-corrected chi connectivity index (χ4v) is 7.13. The van der Waals surface area contributed by atoms with E-state index in [1.54, 1.807) is 33.4 Å². The van der Waals surface area contributed by atoms with Gasteiger partial charge in [0, 0.05) is 0 Å². The molecule has 43 heavy (non-hydrogen) atoms. The zero-order chi connectivity index (χ0) is 33.9. The Morgan fingerprint density at radius 2 is 0.605 bits per heavy atom. The van der Waals surface area contributed by atoms with Crippen LogP contribution < -0.4 is 0 Å². The van der Waals surface area contributed by atoms with Crippen LogP contribution in [0, 0.1) is 0 Å². The molecule has 244 valence electrons. The van der Waals surface area contributed by atoms with Crippen LogP contribution in [-0.2, 0) is 50.7 Å². The largest absolute Gasteiger partial charge is 0.0561 e. The van der Waals surface area contributed by atoms with Gasteiger partial charge in [0.05, 0.1) is 0 Å². The molecule has 0 aromatic heterocycles. The van der Waals surface area contributed by atoms with Crippen LogP contribution >= 0.6 is 0 Å². The fraction of sp³-hybridized carbons (Fsp3) is 0.721. The first-order valence-corrected chi connectivity index (χ1v) is 17.2. The van der Waals surface area contributed by atoms with E-state index in [1.807, 2.05) is 0 Å². The highest BCUT2D eigenvalue weighted by atomic mass is 14.5. The van der Waals surface area contributed by atoms with Gasteiger partial charge in [-0.2, -0.15) is 0 Å². The summed E-state index contributed by atoms with van der Waals surface area (Å²) in [6.07, 6.45) is 3.38. The molecule has 0 aliphatic heterocycles. The summed E-state index contributed by atoms with van der Waals surface area (Å²) < 4.78 is 0. The molecule has 0 saturated carbocycles. The lowest BCUT2D eigenvalue weighted by Gasteiger charge is -2.46. The number of hydrogen-bond donors (Lipinski definition) is 0. The summed E-state index contributed by atoms with van der Waals surface area (Å²) in [6.45, 7) is 50.9. The molecule has 0 radical (unpaired) electrons. The second kappa shape index (κ2) is 11.7. The second-order valence-electron chi connectivity index (χ2n) is 20.9. The summed E-state index contributed by atoms with van der Waals surface area (Å²) in [6, 6.07) is 7.44. The molecule has 2 rings (SSSR count). The minimum absolute atomic E-state index is 0.0407. The van der Waals surface area contributed by atoms with E-state index in [9.17, 15) is 0 Å².